The van der Waals surface area contributed by atoms with Gasteiger partial charge in [0.15, 0.2) is 0 Å². The first-order valence-corrected chi connectivity index (χ1v) is 9.58. The summed E-state index contributed by atoms with van der Waals surface area (Å²) in [6.45, 7) is 8.35. The lowest BCUT2D eigenvalue weighted by molar-refractivity contribution is 0.0688. The molecule has 0 saturated carbocycles. The second-order valence-electron chi connectivity index (χ2n) is 7.53. The van der Waals surface area contributed by atoms with E-state index in [1.807, 2.05) is 4.90 Å². The van der Waals surface area contributed by atoms with E-state index in [-0.39, 0.29) is 18.0 Å². The number of carbonyl (C=O) groups excluding carboxylic acids is 1. The van der Waals surface area contributed by atoms with Crippen molar-refractivity contribution in [2.75, 3.05) is 0 Å². The molecule has 0 aliphatic carbocycles. The maximum Gasteiger partial charge on any atom is 0.273 e. The number of amides is 1. The molecular weight excluding hydrogens is 334 g/mol. The number of H-pyrrole nitrogens is 1. The highest BCUT2D eigenvalue weighted by molar-refractivity contribution is 6.00. The van der Waals surface area contributed by atoms with E-state index in [9.17, 15) is 4.79 Å². The lowest BCUT2D eigenvalue weighted by Crippen LogP contribution is -2.35. The summed E-state index contributed by atoms with van der Waals surface area (Å²) in [5.74, 6) is 0.0235. The van der Waals surface area contributed by atoms with Crippen LogP contribution >= 0.6 is 0 Å². The third-order valence-corrected chi connectivity index (χ3v) is 5.39. The molecule has 1 atom stereocenters. The van der Waals surface area contributed by atoms with E-state index in [1.165, 1.54) is 11.1 Å². The van der Waals surface area contributed by atoms with Gasteiger partial charge in [-0.1, -0.05) is 61.0 Å². The van der Waals surface area contributed by atoms with Crippen molar-refractivity contribution in [2.45, 2.75) is 46.2 Å². The van der Waals surface area contributed by atoms with Gasteiger partial charge >= 0.3 is 0 Å². The molecule has 2 aromatic carbocycles. The van der Waals surface area contributed by atoms with Gasteiger partial charge in [-0.25, -0.2) is 0 Å². The quantitative estimate of drug-likeness (QED) is 0.720. The maximum atomic E-state index is 13.1. The molecule has 2 heterocycles. The summed E-state index contributed by atoms with van der Waals surface area (Å²) >= 11 is 0. The van der Waals surface area contributed by atoms with Crippen LogP contribution in [0.25, 0.3) is 11.3 Å². The highest BCUT2D eigenvalue weighted by atomic mass is 16.2. The molecule has 1 aliphatic rings. The van der Waals surface area contributed by atoms with Crippen molar-refractivity contribution in [1.82, 2.24) is 15.1 Å². The Labute approximate surface area is 160 Å². The van der Waals surface area contributed by atoms with Crippen molar-refractivity contribution >= 4 is 5.91 Å². The molecule has 0 saturated heterocycles. The Hall–Kier alpha value is -2.88. The van der Waals surface area contributed by atoms with Crippen LogP contribution in [0.15, 0.2) is 48.5 Å². The molecule has 1 unspecified atom stereocenters. The van der Waals surface area contributed by atoms with Gasteiger partial charge in [0.25, 0.3) is 5.91 Å². The molecule has 4 heteroatoms. The summed E-state index contributed by atoms with van der Waals surface area (Å²) in [6.07, 6.45) is 1.00. The van der Waals surface area contributed by atoms with Crippen molar-refractivity contribution in [3.63, 3.8) is 0 Å². The van der Waals surface area contributed by atoms with Crippen molar-refractivity contribution in [1.29, 1.82) is 0 Å². The standard InChI is InChI=1S/C23H25N3O/c1-5-16-8-12-18(13-9-16)22-19-20(17-10-6-15(4)7-11-17)24-25-21(19)23(27)26(22)14(2)3/h6-14,22H,5H2,1-4H3,(H,24,25). The Kier molecular flexibility index (Phi) is 4.34. The van der Waals surface area contributed by atoms with E-state index in [0.717, 1.165) is 28.8 Å². The minimum Gasteiger partial charge on any atom is -0.324 e. The molecule has 4 rings (SSSR count). The fourth-order valence-electron chi connectivity index (χ4n) is 3.89. The smallest absolute Gasteiger partial charge is 0.273 e. The predicted octanol–water partition coefficient (Wildman–Crippen LogP) is 4.90. The zero-order valence-corrected chi connectivity index (χ0v) is 16.3. The van der Waals surface area contributed by atoms with Gasteiger partial charge in [-0.05, 0) is 38.3 Å². The summed E-state index contributed by atoms with van der Waals surface area (Å²) < 4.78 is 0. The second-order valence-corrected chi connectivity index (χ2v) is 7.53. The van der Waals surface area contributed by atoms with Crippen LogP contribution < -0.4 is 0 Å². The lowest BCUT2D eigenvalue weighted by atomic mass is 9.94. The third kappa shape index (κ3) is 2.85. The summed E-state index contributed by atoms with van der Waals surface area (Å²) in [4.78, 5) is 15.1. The number of carbonyl (C=O) groups is 1. The van der Waals surface area contributed by atoms with E-state index in [1.54, 1.807) is 0 Å². The van der Waals surface area contributed by atoms with Gasteiger partial charge < -0.3 is 4.90 Å². The number of rotatable bonds is 4. The zero-order valence-electron chi connectivity index (χ0n) is 16.3. The van der Waals surface area contributed by atoms with Crippen LogP contribution in [0.4, 0.5) is 0 Å². The van der Waals surface area contributed by atoms with Crippen LogP contribution in [-0.4, -0.2) is 27.0 Å². The van der Waals surface area contributed by atoms with E-state index in [0.29, 0.717) is 5.69 Å². The summed E-state index contributed by atoms with van der Waals surface area (Å²) in [5, 5.41) is 7.53. The van der Waals surface area contributed by atoms with Gasteiger partial charge in [-0.2, -0.15) is 5.10 Å². The number of hydrogen-bond donors (Lipinski definition) is 1. The van der Waals surface area contributed by atoms with E-state index >= 15 is 0 Å². The molecule has 0 fully saturated rings. The first-order chi connectivity index (χ1) is 13.0. The lowest BCUT2D eigenvalue weighted by Gasteiger charge is -2.30. The average molecular weight is 359 g/mol. The first-order valence-electron chi connectivity index (χ1n) is 9.58. The fourth-order valence-corrected chi connectivity index (χ4v) is 3.89. The molecule has 138 valence electrons. The summed E-state index contributed by atoms with van der Waals surface area (Å²) in [5.41, 5.74) is 7.13. The van der Waals surface area contributed by atoms with Gasteiger partial charge in [-0.3, -0.25) is 9.89 Å². The Balaban J connectivity index is 1.88. The molecule has 1 aromatic heterocycles. The van der Waals surface area contributed by atoms with Crippen molar-refractivity contribution in [3.8, 4) is 11.3 Å². The first kappa shape index (κ1) is 17.5. The largest absolute Gasteiger partial charge is 0.324 e. The van der Waals surface area contributed by atoms with E-state index in [4.69, 9.17) is 0 Å². The van der Waals surface area contributed by atoms with Gasteiger partial charge in [0.05, 0.1) is 11.7 Å². The number of aromatic nitrogens is 2. The van der Waals surface area contributed by atoms with Crippen molar-refractivity contribution < 1.29 is 4.79 Å². The Morgan fingerprint density at radius 1 is 1.07 bits per heavy atom. The van der Waals surface area contributed by atoms with Crippen LogP contribution in [0, 0.1) is 6.92 Å². The van der Waals surface area contributed by atoms with E-state index < -0.39 is 0 Å². The molecule has 0 bridgehead atoms. The molecule has 4 nitrogen and oxygen atoms in total. The third-order valence-electron chi connectivity index (χ3n) is 5.39. The molecule has 0 radical (unpaired) electrons. The highest BCUT2D eigenvalue weighted by Crippen LogP contribution is 2.43. The van der Waals surface area contributed by atoms with Crippen LogP contribution in [0.5, 0.6) is 0 Å². The minimum atomic E-state index is -0.117. The number of nitrogens with zero attached hydrogens (tertiary/aromatic N) is 2. The highest BCUT2D eigenvalue weighted by Gasteiger charge is 2.43. The molecular formula is C23H25N3O. The molecule has 3 aromatic rings. The van der Waals surface area contributed by atoms with E-state index in [2.05, 4.69) is 86.4 Å². The molecule has 27 heavy (non-hydrogen) atoms. The number of hydrogen-bond acceptors (Lipinski definition) is 2. The fraction of sp³-hybridized carbons (Fsp3) is 0.304. The predicted molar refractivity (Wildman–Crippen MR) is 108 cm³/mol. The molecule has 1 N–H and O–H groups in total. The van der Waals surface area contributed by atoms with Crippen LogP contribution in [0.1, 0.15) is 59.6 Å². The van der Waals surface area contributed by atoms with Crippen molar-refractivity contribution in [2.24, 2.45) is 0 Å². The number of benzene rings is 2. The number of nitrogens with one attached hydrogen (secondary N) is 1. The van der Waals surface area contributed by atoms with Gasteiger partial charge in [-0.15, -0.1) is 0 Å². The van der Waals surface area contributed by atoms with Crippen LogP contribution in [0.3, 0.4) is 0 Å². The van der Waals surface area contributed by atoms with Crippen LogP contribution in [0.2, 0.25) is 0 Å². The second kappa shape index (κ2) is 6.69. The number of aryl methyl sites for hydroxylation is 2. The number of aromatic amines is 1. The maximum absolute atomic E-state index is 13.1. The topological polar surface area (TPSA) is 49.0 Å². The van der Waals surface area contributed by atoms with Gasteiger partial charge in [0, 0.05) is 17.2 Å². The zero-order chi connectivity index (χ0) is 19.1. The van der Waals surface area contributed by atoms with Gasteiger partial charge in [0.2, 0.25) is 0 Å². The Bertz CT molecular complexity index is 968. The monoisotopic (exact) mass is 359 g/mol. The summed E-state index contributed by atoms with van der Waals surface area (Å²) in [6, 6.07) is 16.9. The Morgan fingerprint density at radius 2 is 1.74 bits per heavy atom. The van der Waals surface area contributed by atoms with Crippen LogP contribution in [-0.2, 0) is 6.42 Å². The average Bonchev–Trinajstić information content (AvgIpc) is 3.22. The summed E-state index contributed by atoms with van der Waals surface area (Å²) in [7, 11) is 0. The SMILES string of the molecule is CCc1ccc(C2c3c(-c4ccc(C)cc4)n[nH]c3C(=O)N2C(C)C)cc1. The van der Waals surface area contributed by atoms with Crippen molar-refractivity contribution in [3.05, 3.63) is 76.5 Å². The molecule has 1 amide bonds. The van der Waals surface area contributed by atoms with Gasteiger partial charge in [0.1, 0.15) is 5.69 Å². The number of fused-ring (bicyclic) bond motifs is 1. The minimum absolute atomic E-state index is 0.0235. The molecule has 0 spiro atoms. The Morgan fingerprint density at radius 3 is 2.33 bits per heavy atom. The normalized spacial score (nSPS) is 16.3. The molecule has 1 aliphatic heterocycles.